The van der Waals surface area contributed by atoms with Gasteiger partial charge in [-0.2, -0.15) is 0 Å². The number of benzene rings is 2. The topological polar surface area (TPSA) is 68.9 Å². The molecule has 1 aromatic heterocycles. The van der Waals surface area contributed by atoms with E-state index in [2.05, 4.69) is 0 Å². The summed E-state index contributed by atoms with van der Waals surface area (Å²) in [5.41, 5.74) is 2.71. The molecule has 0 fully saturated rings. The van der Waals surface area contributed by atoms with Gasteiger partial charge in [0.1, 0.15) is 29.6 Å². The van der Waals surface area contributed by atoms with E-state index < -0.39 is 12.1 Å². The van der Waals surface area contributed by atoms with Gasteiger partial charge in [0, 0.05) is 16.1 Å². The highest BCUT2D eigenvalue weighted by Crippen LogP contribution is 2.29. The van der Waals surface area contributed by atoms with Crippen LogP contribution < -0.4 is 9.47 Å². The third-order valence-corrected chi connectivity index (χ3v) is 4.86. The molecule has 1 unspecified atom stereocenters. The fourth-order valence-electron chi connectivity index (χ4n) is 2.89. The van der Waals surface area contributed by atoms with Crippen molar-refractivity contribution in [2.75, 3.05) is 0 Å². The molecule has 0 spiro atoms. The zero-order valence-corrected chi connectivity index (χ0v) is 17.3. The number of hydrogen-bond donors (Lipinski definition) is 1. The molecule has 0 amide bonds. The van der Waals surface area contributed by atoms with Crippen molar-refractivity contribution in [3.63, 3.8) is 0 Å². The molecular formula is C23H23ClO5. The summed E-state index contributed by atoms with van der Waals surface area (Å²) in [5.74, 6) is 1.79. The number of ether oxygens (including phenoxy) is 2. The van der Waals surface area contributed by atoms with Crippen LogP contribution in [-0.2, 0) is 11.4 Å². The quantitative estimate of drug-likeness (QED) is 0.486. The van der Waals surface area contributed by atoms with E-state index in [0.717, 1.165) is 28.2 Å². The SMILES string of the molecule is CCC(Oc1ccc(OCc2cc(-c3ccc(Cl)cc3)oc2C)cc1C)C(=O)O. The summed E-state index contributed by atoms with van der Waals surface area (Å²) in [6.45, 7) is 5.89. The first-order chi connectivity index (χ1) is 13.9. The minimum absolute atomic E-state index is 0.356. The second-order valence-electron chi connectivity index (χ2n) is 6.77. The van der Waals surface area contributed by atoms with E-state index in [1.807, 2.05) is 50.2 Å². The molecule has 1 N–H and O–H groups in total. The normalized spacial score (nSPS) is 11.9. The largest absolute Gasteiger partial charge is 0.489 e. The van der Waals surface area contributed by atoms with Crippen molar-refractivity contribution < 1.29 is 23.8 Å². The molecule has 3 aromatic rings. The van der Waals surface area contributed by atoms with Crippen LogP contribution in [-0.4, -0.2) is 17.2 Å². The Balaban J connectivity index is 1.68. The lowest BCUT2D eigenvalue weighted by atomic mass is 10.1. The summed E-state index contributed by atoms with van der Waals surface area (Å²) in [5, 5.41) is 9.83. The summed E-state index contributed by atoms with van der Waals surface area (Å²) >= 11 is 5.94. The Bertz CT molecular complexity index is 991. The van der Waals surface area contributed by atoms with Crippen LogP contribution in [0, 0.1) is 13.8 Å². The number of carboxylic acids is 1. The maximum absolute atomic E-state index is 11.2. The number of carbonyl (C=O) groups is 1. The molecular weight excluding hydrogens is 392 g/mol. The Labute approximate surface area is 174 Å². The lowest BCUT2D eigenvalue weighted by Gasteiger charge is -2.16. The lowest BCUT2D eigenvalue weighted by Crippen LogP contribution is -2.26. The average molecular weight is 415 g/mol. The molecule has 5 nitrogen and oxygen atoms in total. The fraction of sp³-hybridized carbons (Fsp3) is 0.261. The Morgan fingerprint density at radius 2 is 1.86 bits per heavy atom. The minimum atomic E-state index is -0.973. The lowest BCUT2D eigenvalue weighted by molar-refractivity contribution is -0.145. The molecule has 1 heterocycles. The second-order valence-corrected chi connectivity index (χ2v) is 7.20. The highest BCUT2D eigenvalue weighted by molar-refractivity contribution is 6.30. The van der Waals surface area contributed by atoms with Crippen molar-refractivity contribution in [3.05, 3.63) is 70.4 Å². The molecule has 0 bridgehead atoms. The third-order valence-electron chi connectivity index (χ3n) is 4.61. The summed E-state index contributed by atoms with van der Waals surface area (Å²) in [4.78, 5) is 11.2. The second kappa shape index (κ2) is 9.05. The van der Waals surface area contributed by atoms with Crippen LogP contribution in [0.4, 0.5) is 0 Å². The van der Waals surface area contributed by atoms with Crippen molar-refractivity contribution in [3.8, 4) is 22.8 Å². The van der Waals surface area contributed by atoms with Crippen LogP contribution >= 0.6 is 11.6 Å². The van der Waals surface area contributed by atoms with E-state index in [-0.39, 0.29) is 0 Å². The van der Waals surface area contributed by atoms with Crippen LogP contribution in [0.3, 0.4) is 0 Å². The van der Waals surface area contributed by atoms with E-state index >= 15 is 0 Å². The molecule has 152 valence electrons. The number of hydrogen-bond acceptors (Lipinski definition) is 4. The van der Waals surface area contributed by atoms with Crippen LogP contribution in [0.1, 0.15) is 30.2 Å². The van der Waals surface area contributed by atoms with Gasteiger partial charge in [-0.1, -0.05) is 18.5 Å². The Morgan fingerprint density at radius 3 is 2.48 bits per heavy atom. The smallest absolute Gasteiger partial charge is 0.344 e. The van der Waals surface area contributed by atoms with E-state index in [4.69, 9.17) is 30.6 Å². The van der Waals surface area contributed by atoms with Gasteiger partial charge in [0.15, 0.2) is 6.10 Å². The van der Waals surface area contributed by atoms with Gasteiger partial charge >= 0.3 is 5.97 Å². The molecule has 3 rings (SSSR count). The van der Waals surface area contributed by atoms with E-state index in [1.165, 1.54) is 0 Å². The number of carboxylic acid groups (broad SMARTS) is 1. The predicted molar refractivity (Wildman–Crippen MR) is 112 cm³/mol. The number of halogens is 1. The molecule has 0 aliphatic heterocycles. The standard InChI is InChI=1S/C23H23ClO5/c1-4-20(23(25)26)29-21-10-9-19(11-14(21)2)27-13-17-12-22(28-15(17)3)16-5-7-18(24)8-6-16/h5-12,20H,4,13H2,1-3H3,(H,25,26). The molecule has 2 aromatic carbocycles. The molecule has 0 aliphatic carbocycles. The highest BCUT2D eigenvalue weighted by atomic mass is 35.5. The predicted octanol–water partition coefficient (Wildman–Crippen LogP) is 6.04. The third kappa shape index (κ3) is 5.12. The maximum atomic E-state index is 11.2. The van der Waals surface area contributed by atoms with Crippen molar-refractivity contribution >= 4 is 17.6 Å². The number of rotatable bonds is 8. The van der Waals surface area contributed by atoms with Crippen molar-refractivity contribution in [1.82, 2.24) is 0 Å². The van der Waals surface area contributed by atoms with E-state index in [1.54, 1.807) is 19.1 Å². The van der Waals surface area contributed by atoms with Gasteiger partial charge in [-0.3, -0.25) is 0 Å². The summed E-state index contributed by atoms with van der Waals surface area (Å²) in [6, 6.07) is 14.8. The van der Waals surface area contributed by atoms with Gasteiger partial charge in [0.05, 0.1) is 0 Å². The Morgan fingerprint density at radius 1 is 1.14 bits per heavy atom. The van der Waals surface area contributed by atoms with Gasteiger partial charge in [0.25, 0.3) is 0 Å². The number of aryl methyl sites for hydroxylation is 2. The minimum Gasteiger partial charge on any atom is -0.489 e. The molecule has 0 saturated carbocycles. The van der Waals surface area contributed by atoms with Gasteiger partial charge in [-0.15, -0.1) is 0 Å². The monoisotopic (exact) mass is 414 g/mol. The van der Waals surface area contributed by atoms with Gasteiger partial charge in [-0.25, -0.2) is 4.79 Å². The van der Waals surface area contributed by atoms with Crippen LogP contribution in [0.15, 0.2) is 52.9 Å². The van der Waals surface area contributed by atoms with Crippen molar-refractivity contribution in [2.45, 2.75) is 39.9 Å². The molecule has 6 heteroatoms. The van der Waals surface area contributed by atoms with Gasteiger partial charge in [0.2, 0.25) is 0 Å². The first kappa shape index (κ1) is 20.8. The zero-order valence-electron chi connectivity index (χ0n) is 16.6. The van der Waals surface area contributed by atoms with E-state index in [9.17, 15) is 4.79 Å². The molecule has 0 radical (unpaired) electrons. The average Bonchev–Trinajstić information content (AvgIpc) is 3.06. The number of furan rings is 1. The summed E-state index contributed by atoms with van der Waals surface area (Å²) in [6.07, 6.45) is -0.469. The molecule has 29 heavy (non-hydrogen) atoms. The van der Waals surface area contributed by atoms with Crippen molar-refractivity contribution in [1.29, 1.82) is 0 Å². The highest BCUT2D eigenvalue weighted by Gasteiger charge is 2.18. The van der Waals surface area contributed by atoms with Crippen LogP contribution in [0.25, 0.3) is 11.3 Å². The molecule has 0 aliphatic rings. The van der Waals surface area contributed by atoms with Crippen molar-refractivity contribution in [2.24, 2.45) is 0 Å². The first-order valence-corrected chi connectivity index (χ1v) is 9.73. The Hall–Kier alpha value is -2.92. The summed E-state index contributed by atoms with van der Waals surface area (Å²) < 4.78 is 17.3. The van der Waals surface area contributed by atoms with Crippen LogP contribution in [0.5, 0.6) is 11.5 Å². The molecule has 0 saturated heterocycles. The first-order valence-electron chi connectivity index (χ1n) is 9.35. The van der Waals surface area contributed by atoms with Crippen LogP contribution in [0.2, 0.25) is 5.02 Å². The summed E-state index contributed by atoms with van der Waals surface area (Å²) in [7, 11) is 0. The zero-order chi connectivity index (χ0) is 21.0. The maximum Gasteiger partial charge on any atom is 0.344 e. The number of aliphatic carboxylic acids is 1. The fourth-order valence-corrected chi connectivity index (χ4v) is 3.01. The molecule has 1 atom stereocenters. The van der Waals surface area contributed by atoms with Gasteiger partial charge < -0.3 is 19.0 Å². The Kier molecular flexibility index (Phi) is 6.49. The van der Waals surface area contributed by atoms with E-state index in [0.29, 0.717) is 29.5 Å². The van der Waals surface area contributed by atoms with Gasteiger partial charge in [-0.05, 0) is 74.4 Å².